The average Bonchev–Trinajstić information content (AvgIpc) is 2.34. The van der Waals surface area contributed by atoms with Crippen LogP contribution in [-0.4, -0.2) is 25.8 Å². The minimum Gasteiger partial charge on any atom is -0.380 e. The molecule has 0 spiro atoms. The number of aryl methyl sites for hydroxylation is 2. The second kappa shape index (κ2) is 7.66. The van der Waals surface area contributed by atoms with E-state index >= 15 is 0 Å². The van der Waals surface area contributed by atoms with Crippen molar-refractivity contribution in [3.05, 3.63) is 34.9 Å². The van der Waals surface area contributed by atoms with Crippen LogP contribution in [0.1, 0.15) is 37.5 Å². The maximum atomic E-state index is 5.71. The Labute approximate surface area is 118 Å². The third-order valence-electron chi connectivity index (χ3n) is 3.74. The van der Waals surface area contributed by atoms with Crippen LogP contribution in [0, 0.1) is 19.8 Å². The van der Waals surface area contributed by atoms with Crippen LogP contribution in [0.3, 0.4) is 0 Å². The predicted molar refractivity (Wildman–Crippen MR) is 82.7 cm³/mol. The van der Waals surface area contributed by atoms with E-state index in [2.05, 4.69) is 58.1 Å². The number of ether oxygens (including phenoxy) is 1. The molecule has 0 heterocycles. The van der Waals surface area contributed by atoms with Crippen LogP contribution in [0.15, 0.2) is 18.2 Å². The lowest BCUT2D eigenvalue weighted by atomic mass is 9.91. The summed E-state index contributed by atoms with van der Waals surface area (Å²) in [6.45, 7) is 11.9. The number of methoxy groups -OCH3 is 1. The van der Waals surface area contributed by atoms with Crippen molar-refractivity contribution in [2.24, 2.45) is 5.92 Å². The third-order valence-corrected chi connectivity index (χ3v) is 3.74. The van der Waals surface area contributed by atoms with Crippen LogP contribution in [0.2, 0.25) is 0 Å². The molecule has 0 aliphatic heterocycles. The Hall–Kier alpha value is -0.860. The molecule has 0 radical (unpaired) electrons. The van der Waals surface area contributed by atoms with Crippen molar-refractivity contribution in [2.75, 3.05) is 13.7 Å². The summed E-state index contributed by atoms with van der Waals surface area (Å²) in [5.41, 5.74) is 4.12. The lowest BCUT2D eigenvalue weighted by Gasteiger charge is -2.30. The van der Waals surface area contributed by atoms with Gasteiger partial charge in [-0.15, -0.1) is 0 Å². The highest BCUT2D eigenvalue weighted by atomic mass is 16.5. The lowest BCUT2D eigenvalue weighted by molar-refractivity contribution is 0.0336. The standard InChI is InChI=1S/C17H29NO/c1-7-18-16(17(19-6)12(2)3)11-15-10-13(4)8-9-14(15)5/h8-10,12,16-18H,7,11H2,1-6H3. The first kappa shape index (κ1) is 16.2. The Bertz CT molecular complexity index is 387. The van der Waals surface area contributed by atoms with Crippen molar-refractivity contribution >= 4 is 0 Å². The molecule has 1 N–H and O–H groups in total. The van der Waals surface area contributed by atoms with Gasteiger partial charge in [0.15, 0.2) is 0 Å². The molecule has 0 saturated carbocycles. The van der Waals surface area contributed by atoms with E-state index in [0.717, 1.165) is 13.0 Å². The fourth-order valence-corrected chi connectivity index (χ4v) is 2.72. The van der Waals surface area contributed by atoms with Crippen LogP contribution >= 0.6 is 0 Å². The molecular formula is C17H29NO. The van der Waals surface area contributed by atoms with E-state index in [0.29, 0.717) is 12.0 Å². The fourth-order valence-electron chi connectivity index (χ4n) is 2.72. The van der Waals surface area contributed by atoms with Crippen molar-refractivity contribution in [1.29, 1.82) is 0 Å². The Morgan fingerprint density at radius 2 is 1.89 bits per heavy atom. The fraction of sp³-hybridized carbons (Fsp3) is 0.647. The zero-order chi connectivity index (χ0) is 14.4. The van der Waals surface area contributed by atoms with E-state index in [9.17, 15) is 0 Å². The van der Waals surface area contributed by atoms with Gasteiger partial charge in [0.05, 0.1) is 6.10 Å². The lowest BCUT2D eigenvalue weighted by Crippen LogP contribution is -2.45. The maximum Gasteiger partial charge on any atom is 0.0750 e. The first-order chi connectivity index (χ1) is 8.99. The number of nitrogens with one attached hydrogen (secondary N) is 1. The zero-order valence-corrected chi connectivity index (χ0v) is 13.3. The van der Waals surface area contributed by atoms with Crippen LogP contribution in [0.25, 0.3) is 0 Å². The van der Waals surface area contributed by atoms with Gasteiger partial charge in [0.25, 0.3) is 0 Å². The molecule has 0 amide bonds. The van der Waals surface area contributed by atoms with Crippen LogP contribution in [-0.2, 0) is 11.2 Å². The Balaban J connectivity index is 2.91. The van der Waals surface area contributed by atoms with Gasteiger partial charge in [0.1, 0.15) is 0 Å². The molecule has 0 aliphatic carbocycles. The van der Waals surface area contributed by atoms with E-state index < -0.39 is 0 Å². The van der Waals surface area contributed by atoms with E-state index in [4.69, 9.17) is 4.74 Å². The highest BCUT2D eigenvalue weighted by Crippen LogP contribution is 2.18. The van der Waals surface area contributed by atoms with E-state index in [-0.39, 0.29) is 6.10 Å². The van der Waals surface area contributed by atoms with Gasteiger partial charge >= 0.3 is 0 Å². The van der Waals surface area contributed by atoms with Crippen molar-refractivity contribution < 1.29 is 4.74 Å². The average molecular weight is 263 g/mol. The SMILES string of the molecule is CCNC(Cc1cc(C)ccc1C)C(OC)C(C)C. The molecule has 108 valence electrons. The second-order valence-electron chi connectivity index (χ2n) is 5.74. The topological polar surface area (TPSA) is 21.3 Å². The molecule has 2 nitrogen and oxygen atoms in total. The minimum atomic E-state index is 0.250. The highest BCUT2D eigenvalue weighted by Gasteiger charge is 2.24. The molecule has 19 heavy (non-hydrogen) atoms. The second-order valence-corrected chi connectivity index (χ2v) is 5.74. The molecule has 1 rings (SSSR count). The van der Waals surface area contributed by atoms with E-state index in [1.807, 2.05) is 7.11 Å². The van der Waals surface area contributed by atoms with Gasteiger partial charge < -0.3 is 10.1 Å². The molecule has 2 atom stereocenters. The van der Waals surface area contributed by atoms with Crippen molar-refractivity contribution in [3.63, 3.8) is 0 Å². The molecule has 0 aliphatic rings. The summed E-state index contributed by atoms with van der Waals surface area (Å²) < 4.78 is 5.71. The summed E-state index contributed by atoms with van der Waals surface area (Å²) in [5, 5.41) is 3.59. The monoisotopic (exact) mass is 263 g/mol. The molecule has 1 aromatic carbocycles. The summed E-state index contributed by atoms with van der Waals surface area (Å²) in [4.78, 5) is 0. The summed E-state index contributed by atoms with van der Waals surface area (Å²) in [6.07, 6.45) is 1.28. The Morgan fingerprint density at radius 3 is 2.42 bits per heavy atom. The summed E-state index contributed by atoms with van der Waals surface area (Å²) in [5.74, 6) is 0.513. The zero-order valence-electron chi connectivity index (χ0n) is 13.3. The molecule has 0 aromatic heterocycles. The minimum absolute atomic E-state index is 0.250. The van der Waals surface area contributed by atoms with E-state index in [1.54, 1.807) is 0 Å². The number of benzene rings is 1. The van der Waals surface area contributed by atoms with Crippen molar-refractivity contribution in [1.82, 2.24) is 5.32 Å². The Kier molecular flexibility index (Phi) is 6.53. The summed E-state index contributed by atoms with van der Waals surface area (Å²) >= 11 is 0. The van der Waals surface area contributed by atoms with Gasteiger partial charge in [-0.2, -0.15) is 0 Å². The summed E-state index contributed by atoms with van der Waals surface area (Å²) in [6, 6.07) is 7.06. The molecule has 2 unspecified atom stereocenters. The Morgan fingerprint density at radius 1 is 1.21 bits per heavy atom. The highest BCUT2D eigenvalue weighted by molar-refractivity contribution is 5.31. The molecular weight excluding hydrogens is 234 g/mol. The molecule has 0 saturated heterocycles. The first-order valence-electron chi connectivity index (χ1n) is 7.31. The number of likely N-dealkylation sites (N-methyl/N-ethyl adjacent to an activating group) is 1. The number of hydrogen-bond acceptors (Lipinski definition) is 2. The van der Waals surface area contributed by atoms with Crippen LogP contribution in [0.4, 0.5) is 0 Å². The molecule has 0 fully saturated rings. The van der Waals surface area contributed by atoms with Crippen molar-refractivity contribution in [2.45, 2.75) is 53.2 Å². The number of rotatable bonds is 7. The normalized spacial score (nSPS) is 14.7. The molecule has 2 heteroatoms. The number of hydrogen-bond donors (Lipinski definition) is 1. The van der Waals surface area contributed by atoms with Gasteiger partial charge in [-0.25, -0.2) is 0 Å². The van der Waals surface area contributed by atoms with Crippen LogP contribution in [0.5, 0.6) is 0 Å². The molecule has 0 bridgehead atoms. The third kappa shape index (κ3) is 4.63. The smallest absolute Gasteiger partial charge is 0.0750 e. The molecule has 1 aromatic rings. The van der Waals surface area contributed by atoms with Gasteiger partial charge in [0, 0.05) is 13.2 Å². The predicted octanol–water partition coefficient (Wildman–Crippen LogP) is 3.50. The maximum absolute atomic E-state index is 5.71. The van der Waals surface area contributed by atoms with Gasteiger partial charge in [0.2, 0.25) is 0 Å². The van der Waals surface area contributed by atoms with Gasteiger partial charge in [-0.3, -0.25) is 0 Å². The summed E-state index contributed by atoms with van der Waals surface area (Å²) in [7, 11) is 1.82. The first-order valence-corrected chi connectivity index (χ1v) is 7.31. The van der Waals surface area contributed by atoms with Crippen LogP contribution < -0.4 is 5.32 Å². The van der Waals surface area contributed by atoms with Crippen molar-refractivity contribution in [3.8, 4) is 0 Å². The van der Waals surface area contributed by atoms with Gasteiger partial charge in [-0.05, 0) is 43.9 Å². The van der Waals surface area contributed by atoms with E-state index in [1.165, 1.54) is 16.7 Å². The largest absolute Gasteiger partial charge is 0.380 e. The quantitative estimate of drug-likeness (QED) is 0.813. The van der Waals surface area contributed by atoms with Gasteiger partial charge in [-0.1, -0.05) is 44.5 Å².